The number of benzene rings is 1. The maximum Gasteiger partial charge on any atom is 0.233 e. The van der Waals surface area contributed by atoms with Gasteiger partial charge in [0.05, 0.1) is 12.9 Å². The van der Waals surface area contributed by atoms with Crippen molar-refractivity contribution < 1.29 is 9.53 Å². The Morgan fingerprint density at radius 2 is 1.93 bits per heavy atom. The number of methoxy groups -OCH3 is 1. The number of nitrogens with zero attached hydrogens (tertiary/aromatic N) is 4. The van der Waals surface area contributed by atoms with Gasteiger partial charge in [-0.25, -0.2) is 0 Å². The number of carbonyl (C=O) groups excluding carboxylic acids is 1. The van der Waals surface area contributed by atoms with Crippen LogP contribution in [-0.2, 0) is 11.3 Å². The highest BCUT2D eigenvalue weighted by Crippen LogP contribution is 2.27. The summed E-state index contributed by atoms with van der Waals surface area (Å²) in [5.74, 6) is 3.01. The Bertz CT molecular complexity index is 767. The van der Waals surface area contributed by atoms with E-state index >= 15 is 0 Å². The number of unbranched alkanes of at least 4 members (excludes halogenated alkanes) is 1. The number of carbonyl (C=O) groups is 1. The van der Waals surface area contributed by atoms with Crippen LogP contribution in [0.3, 0.4) is 0 Å². The molecule has 28 heavy (non-hydrogen) atoms. The Morgan fingerprint density at radius 1 is 1.21 bits per heavy atom. The lowest BCUT2D eigenvalue weighted by Crippen LogP contribution is -2.38. The predicted octanol–water partition coefficient (Wildman–Crippen LogP) is 4.10. The van der Waals surface area contributed by atoms with E-state index in [4.69, 9.17) is 4.74 Å². The largest absolute Gasteiger partial charge is 0.497 e. The van der Waals surface area contributed by atoms with Crippen LogP contribution in [0.4, 0.5) is 0 Å². The number of ether oxygens (including phenoxy) is 1. The molecule has 2 heterocycles. The molecule has 152 valence electrons. The summed E-state index contributed by atoms with van der Waals surface area (Å²) < 4.78 is 7.39. The van der Waals surface area contributed by atoms with Crippen LogP contribution in [0.5, 0.6) is 5.75 Å². The van der Waals surface area contributed by atoms with Crippen LogP contribution in [0.15, 0.2) is 29.4 Å². The summed E-state index contributed by atoms with van der Waals surface area (Å²) in [7, 11) is 1.66. The van der Waals surface area contributed by atoms with Crippen LogP contribution >= 0.6 is 11.8 Å². The molecule has 0 N–H and O–H groups in total. The minimum absolute atomic E-state index is 0.202. The second kappa shape index (κ2) is 9.96. The molecule has 0 bridgehead atoms. The van der Waals surface area contributed by atoms with Gasteiger partial charge in [-0.3, -0.25) is 4.79 Å². The third kappa shape index (κ3) is 5.07. The first kappa shape index (κ1) is 20.7. The number of piperidine rings is 1. The maximum atomic E-state index is 12.6. The molecule has 0 atom stereocenters. The molecule has 1 saturated heterocycles. The second-order valence-corrected chi connectivity index (χ2v) is 8.33. The van der Waals surface area contributed by atoms with E-state index in [1.807, 2.05) is 29.2 Å². The van der Waals surface area contributed by atoms with E-state index in [0.717, 1.165) is 73.5 Å². The highest BCUT2D eigenvalue weighted by Gasteiger charge is 2.22. The third-order valence-corrected chi connectivity index (χ3v) is 6.21. The number of thioether (sulfide) groups is 1. The van der Waals surface area contributed by atoms with E-state index in [9.17, 15) is 4.79 Å². The van der Waals surface area contributed by atoms with Crippen LogP contribution < -0.4 is 4.74 Å². The molecule has 0 unspecified atom stereocenters. The third-order valence-electron chi connectivity index (χ3n) is 5.26. The molecule has 3 rings (SSSR count). The number of aromatic nitrogens is 3. The van der Waals surface area contributed by atoms with Crippen molar-refractivity contribution in [3.63, 3.8) is 0 Å². The molecule has 7 heteroatoms. The summed E-state index contributed by atoms with van der Waals surface area (Å²) in [5, 5.41) is 9.63. The van der Waals surface area contributed by atoms with Gasteiger partial charge in [-0.05, 0) is 49.4 Å². The van der Waals surface area contributed by atoms with E-state index in [2.05, 4.69) is 28.6 Å². The van der Waals surface area contributed by atoms with Gasteiger partial charge in [0.2, 0.25) is 5.91 Å². The molecule has 0 spiro atoms. The first-order valence-electron chi connectivity index (χ1n) is 10.1. The fraction of sp³-hybridized carbons (Fsp3) is 0.571. The van der Waals surface area contributed by atoms with Crippen molar-refractivity contribution in [2.45, 2.75) is 51.2 Å². The fourth-order valence-corrected chi connectivity index (χ4v) is 4.21. The minimum atomic E-state index is 0.202. The SMILES string of the molecule is CCCCn1c(SCC(=O)N2CCC(C)CC2)nnc1-c1ccc(OC)cc1. The second-order valence-electron chi connectivity index (χ2n) is 7.39. The van der Waals surface area contributed by atoms with Crippen molar-refractivity contribution in [1.29, 1.82) is 0 Å². The Labute approximate surface area is 171 Å². The van der Waals surface area contributed by atoms with Gasteiger partial charge in [0.25, 0.3) is 0 Å². The van der Waals surface area contributed by atoms with Crippen molar-refractivity contribution in [2.24, 2.45) is 5.92 Å². The van der Waals surface area contributed by atoms with E-state index in [0.29, 0.717) is 5.75 Å². The van der Waals surface area contributed by atoms with Crippen molar-refractivity contribution in [3.8, 4) is 17.1 Å². The zero-order valence-corrected chi connectivity index (χ0v) is 17.9. The predicted molar refractivity (Wildman–Crippen MR) is 113 cm³/mol. The number of amides is 1. The lowest BCUT2D eigenvalue weighted by molar-refractivity contribution is -0.129. The molecule has 1 aromatic heterocycles. The summed E-state index contributed by atoms with van der Waals surface area (Å²) in [5.41, 5.74) is 1.01. The average molecular weight is 403 g/mol. The molecular weight excluding hydrogens is 372 g/mol. The normalized spacial score (nSPS) is 15.0. The average Bonchev–Trinajstić information content (AvgIpc) is 3.13. The molecule has 1 aliphatic heterocycles. The van der Waals surface area contributed by atoms with Gasteiger partial charge in [-0.15, -0.1) is 10.2 Å². The van der Waals surface area contributed by atoms with E-state index in [1.165, 1.54) is 11.8 Å². The molecule has 6 nitrogen and oxygen atoms in total. The van der Waals surface area contributed by atoms with Crippen molar-refractivity contribution >= 4 is 17.7 Å². The van der Waals surface area contributed by atoms with Crippen molar-refractivity contribution in [1.82, 2.24) is 19.7 Å². The summed E-state index contributed by atoms with van der Waals surface area (Å²) in [6.07, 6.45) is 4.34. The molecule has 1 fully saturated rings. The standard InChI is InChI=1S/C21H30N4O2S/c1-4-5-12-25-20(17-6-8-18(27-3)9-7-17)22-23-21(25)28-15-19(26)24-13-10-16(2)11-14-24/h6-9,16H,4-5,10-15H2,1-3H3. The zero-order chi connectivity index (χ0) is 19.9. The number of rotatable bonds is 8. The zero-order valence-electron chi connectivity index (χ0n) is 17.1. The van der Waals surface area contributed by atoms with Crippen LogP contribution in [0.1, 0.15) is 39.5 Å². The monoisotopic (exact) mass is 402 g/mol. The highest BCUT2D eigenvalue weighted by molar-refractivity contribution is 7.99. The first-order chi connectivity index (χ1) is 13.6. The van der Waals surface area contributed by atoms with Crippen LogP contribution in [0.2, 0.25) is 0 Å². The van der Waals surface area contributed by atoms with Gasteiger partial charge >= 0.3 is 0 Å². The van der Waals surface area contributed by atoms with E-state index in [1.54, 1.807) is 7.11 Å². The van der Waals surface area contributed by atoms with Gasteiger partial charge in [-0.1, -0.05) is 32.0 Å². The smallest absolute Gasteiger partial charge is 0.233 e. The lowest BCUT2D eigenvalue weighted by atomic mass is 9.99. The number of hydrogen-bond donors (Lipinski definition) is 0. The summed E-state index contributed by atoms with van der Waals surface area (Å²) in [6, 6.07) is 7.86. The van der Waals surface area contributed by atoms with Crippen LogP contribution in [0, 0.1) is 5.92 Å². The molecule has 1 aromatic carbocycles. The summed E-state index contributed by atoms with van der Waals surface area (Å²) in [6.45, 7) is 7.03. The van der Waals surface area contributed by atoms with Gasteiger partial charge in [-0.2, -0.15) is 0 Å². The van der Waals surface area contributed by atoms with Gasteiger partial charge in [0.15, 0.2) is 11.0 Å². The van der Waals surface area contributed by atoms with Gasteiger partial charge in [0.1, 0.15) is 5.75 Å². The Morgan fingerprint density at radius 3 is 2.57 bits per heavy atom. The molecule has 1 aliphatic rings. The van der Waals surface area contributed by atoms with Gasteiger partial charge < -0.3 is 14.2 Å². The summed E-state index contributed by atoms with van der Waals surface area (Å²) >= 11 is 1.50. The lowest BCUT2D eigenvalue weighted by Gasteiger charge is -2.30. The molecule has 1 amide bonds. The minimum Gasteiger partial charge on any atom is -0.497 e. The fourth-order valence-electron chi connectivity index (χ4n) is 3.34. The number of likely N-dealkylation sites (tertiary alicyclic amines) is 1. The molecule has 0 saturated carbocycles. The van der Waals surface area contributed by atoms with Crippen molar-refractivity contribution in [2.75, 3.05) is 26.0 Å². The highest BCUT2D eigenvalue weighted by atomic mass is 32.2. The molecule has 0 aliphatic carbocycles. The quantitative estimate of drug-likeness (QED) is 0.622. The Hall–Kier alpha value is -2.02. The first-order valence-corrected chi connectivity index (χ1v) is 11.1. The molecule has 2 aromatic rings. The van der Waals surface area contributed by atoms with Crippen LogP contribution in [-0.4, -0.2) is 51.5 Å². The molecule has 0 radical (unpaired) electrons. The number of hydrogen-bond acceptors (Lipinski definition) is 5. The van der Waals surface area contributed by atoms with Crippen LogP contribution in [0.25, 0.3) is 11.4 Å². The molecular formula is C21H30N4O2S. The van der Waals surface area contributed by atoms with Gasteiger partial charge in [0, 0.05) is 25.2 Å². The van der Waals surface area contributed by atoms with Crippen molar-refractivity contribution in [3.05, 3.63) is 24.3 Å². The Balaban J connectivity index is 1.71. The maximum absolute atomic E-state index is 12.6. The van der Waals surface area contributed by atoms with E-state index in [-0.39, 0.29) is 5.91 Å². The summed E-state index contributed by atoms with van der Waals surface area (Å²) in [4.78, 5) is 14.6. The Kier molecular flexibility index (Phi) is 7.36. The topological polar surface area (TPSA) is 60.2 Å². The van der Waals surface area contributed by atoms with E-state index < -0.39 is 0 Å².